The van der Waals surface area contributed by atoms with E-state index in [1.54, 1.807) is 5.38 Å². The van der Waals surface area contributed by atoms with Crippen LogP contribution in [0.2, 0.25) is 0 Å². The van der Waals surface area contributed by atoms with Crippen LogP contribution in [-0.2, 0) is 6.42 Å². The fourth-order valence-electron chi connectivity index (χ4n) is 1.56. The van der Waals surface area contributed by atoms with E-state index in [0.29, 0.717) is 29.0 Å². The second-order valence-corrected chi connectivity index (χ2v) is 4.00. The van der Waals surface area contributed by atoms with Crippen molar-refractivity contribution in [1.82, 2.24) is 5.32 Å². The molecule has 0 unspecified atom stereocenters. The Morgan fingerprint density at radius 3 is 3.07 bits per heavy atom. The molecule has 0 aliphatic carbocycles. The number of fused-ring (bicyclic) bond motifs is 1. The summed E-state index contributed by atoms with van der Waals surface area (Å²) in [6, 6.07) is 0. The van der Waals surface area contributed by atoms with Crippen molar-refractivity contribution in [3.8, 4) is 0 Å². The lowest BCUT2D eigenvalue weighted by molar-refractivity contribution is 0.0701. The minimum atomic E-state index is -0.939. The number of rotatable bonds is 1. The molecule has 0 fully saturated rings. The molecule has 2 N–H and O–H groups in total. The Kier molecular flexibility index (Phi) is 2.25. The zero-order valence-corrected chi connectivity index (χ0v) is 8.19. The van der Waals surface area contributed by atoms with Gasteiger partial charge in [0.25, 0.3) is 5.91 Å². The Morgan fingerprint density at radius 2 is 2.36 bits per heavy atom. The van der Waals surface area contributed by atoms with Gasteiger partial charge in [0.1, 0.15) is 4.88 Å². The maximum Gasteiger partial charge on any atom is 0.346 e. The molecule has 74 valence electrons. The number of carbonyl (C=O) groups is 2. The van der Waals surface area contributed by atoms with Gasteiger partial charge in [0, 0.05) is 11.9 Å². The average molecular weight is 211 g/mol. The number of carbonyl (C=O) groups excluding carboxylic acids is 1. The molecule has 0 radical (unpaired) electrons. The van der Waals surface area contributed by atoms with E-state index >= 15 is 0 Å². The van der Waals surface area contributed by atoms with Gasteiger partial charge in [-0.2, -0.15) is 0 Å². The summed E-state index contributed by atoms with van der Waals surface area (Å²) in [6.45, 7) is 0.622. The number of carboxylic acids is 1. The van der Waals surface area contributed by atoms with E-state index in [0.717, 1.165) is 17.8 Å². The molecule has 2 rings (SSSR count). The molecule has 2 heterocycles. The molecule has 1 amide bonds. The SMILES string of the molecule is O=C1NCCCc2c1csc2C(=O)O. The molecule has 4 nitrogen and oxygen atoms in total. The molecule has 0 spiro atoms. The second kappa shape index (κ2) is 3.42. The Bertz CT molecular complexity index is 397. The van der Waals surface area contributed by atoms with Gasteiger partial charge in [0.15, 0.2) is 0 Å². The van der Waals surface area contributed by atoms with E-state index in [2.05, 4.69) is 5.32 Å². The third kappa shape index (κ3) is 1.39. The molecule has 0 bridgehead atoms. The highest BCUT2D eigenvalue weighted by molar-refractivity contribution is 7.12. The second-order valence-electron chi connectivity index (χ2n) is 3.12. The summed E-state index contributed by atoms with van der Waals surface area (Å²) >= 11 is 1.13. The summed E-state index contributed by atoms with van der Waals surface area (Å²) < 4.78 is 0. The highest BCUT2D eigenvalue weighted by atomic mass is 32.1. The van der Waals surface area contributed by atoms with Crippen molar-refractivity contribution in [3.63, 3.8) is 0 Å². The van der Waals surface area contributed by atoms with E-state index in [-0.39, 0.29) is 5.91 Å². The normalized spacial score (nSPS) is 15.6. The lowest BCUT2D eigenvalue weighted by Crippen LogP contribution is -2.22. The number of carboxylic acid groups (broad SMARTS) is 1. The zero-order valence-electron chi connectivity index (χ0n) is 7.37. The minimum Gasteiger partial charge on any atom is -0.477 e. The van der Waals surface area contributed by atoms with E-state index < -0.39 is 5.97 Å². The molecule has 1 aromatic rings. The molecule has 1 aliphatic heterocycles. The molecule has 0 aromatic carbocycles. The number of hydrogen-bond donors (Lipinski definition) is 2. The van der Waals surface area contributed by atoms with Gasteiger partial charge in [-0.25, -0.2) is 4.79 Å². The van der Waals surface area contributed by atoms with Crippen molar-refractivity contribution >= 4 is 23.2 Å². The molecule has 0 saturated carbocycles. The summed E-state index contributed by atoms with van der Waals surface area (Å²) in [4.78, 5) is 22.6. The topological polar surface area (TPSA) is 66.4 Å². The summed E-state index contributed by atoms with van der Waals surface area (Å²) in [5.74, 6) is -1.09. The fraction of sp³-hybridized carbons (Fsp3) is 0.333. The van der Waals surface area contributed by atoms with Crippen LogP contribution in [0.25, 0.3) is 0 Å². The third-order valence-electron chi connectivity index (χ3n) is 2.22. The Morgan fingerprint density at radius 1 is 1.57 bits per heavy atom. The molecule has 1 aliphatic rings. The summed E-state index contributed by atoms with van der Waals surface area (Å²) in [5.41, 5.74) is 1.22. The van der Waals surface area contributed by atoms with Crippen molar-refractivity contribution in [2.24, 2.45) is 0 Å². The smallest absolute Gasteiger partial charge is 0.346 e. The monoisotopic (exact) mass is 211 g/mol. The van der Waals surface area contributed by atoms with Gasteiger partial charge < -0.3 is 10.4 Å². The molecule has 5 heteroatoms. The number of thiophene rings is 1. The first-order valence-corrected chi connectivity index (χ1v) is 5.20. The van der Waals surface area contributed by atoms with Crippen molar-refractivity contribution in [1.29, 1.82) is 0 Å². The van der Waals surface area contributed by atoms with Crippen LogP contribution in [0.3, 0.4) is 0 Å². The highest BCUT2D eigenvalue weighted by Crippen LogP contribution is 2.25. The summed E-state index contributed by atoms with van der Waals surface area (Å²) in [7, 11) is 0. The average Bonchev–Trinajstić information content (AvgIpc) is 2.48. The van der Waals surface area contributed by atoms with Crippen LogP contribution in [0.1, 0.15) is 32.0 Å². The van der Waals surface area contributed by atoms with Gasteiger partial charge in [-0.05, 0) is 18.4 Å². The Balaban J connectivity index is 2.50. The number of aromatic carboxylic acids is 1. The van der Waals surface area contributed by atoms with Gasteiger partial charge in [0.2, 0.25) is 0 Å². The van der Waals surface area contributed by atoms with Crippen LogP contribution in [-0.4, -0.2) is 23.5 Å². The first-order valence-electron chi connectivity index (χ1n) is 4.32. The molecule has 0 saturated heterocycles. The van der Waals surface area contributed by atoms with Gasteiger partial charge in [-0.15, -0.1) is 11.3 Å². The maximum atomic E-state index is 11.4. The van der Waals surface area contributed by atoms with Crippen LogP contribution < -0.4 is 5.32 Å². The van der Waals surface area contributed by atoms with Gasteiger partial charge in [-0.1, -0.05) is 0 Å². The standard InChI is InChI=1S/C9H9NO3S/c11-8-6-4-14-7(9(12)13)5(6)2-1-3-10-8/h4H,1-3H2,(H,10,11)(H,12,13). The van der Waals surface area contributed by atoms with Gasteiger partial charge in [-0.3, -0.25) is 4.79 Å². The van der Waals surface area contributed by atoms with E-state index in [9.17, 15) is 9.59 Å². The van der Waals surface area contributed by atoms with Gasteiger partial charge in [0.05, 0.1) is 5.56 Å². The maximum absolute atomic E-state index is 11.4. The van der Waals surface area contributed by atoms with Crippen LogP contribution >= 0.6 is 11.3 Å². The Hall–Kier alpha value is -1.36. The number of hydrogen-bond acceptors (Lipinski definition) is 3. The van der Waals surface area contributed by atoms with Crippen molar-refractivity contribution in [2.75, 3.05) is 6.54 Å². The van der Waals surface area contributed by atoms with E-state index in [1.165, 1.54) is 0 Å². The lowest BCUT2D eigenvalue weighted by atomic mass is 10.1. The zero-order chi connectivity index (χ0) is 10.1. The first kappa shape index (κ1) is 9.21. The predicted octanol–water partition coefficient (Wildman–Crippen LogP) is 1.12. The van der Waals surface area contributed by atoms with E-state index in [4.69, 9.17) is 5.11 Å². The van der Waals surface area contributed by atoms with Crippen molar-refractivity contribution < 1.29 is 14.7 Å². The predicted molar refractivity (Wildman–Crippen MR) is 51.9 cm³/mol. The quantitative estimate of drug-likeness (QED) is 0.731. The molecular formula is C9H9NO3S. The molecule has 0 atom stereocenters. The van der Waals surface area contributed by atoms with Crippen LogP contribution in [0, 0.1) is 0 Å². The van der Waals surface area contributed by atoms with E-state index in [1.807, 2.05) is 0 Å². The highest BCUT2D eigenvalue weighted by Gasteiger charge is 2.22. The molecule has 14 heavy (non-hydrogen) atoms. The fourth-order valence-corrected chi connectivity index (χ4v) is 2.50. The van der Waals surface area contributed by atoms with Crippen LogP contribution in [0.4, 0.5) is 0 Å². The van der Waals surface area contributed by atoms with Crippen LogP contribution in [0.5, 0.6) is 0 Å². The minimum absolute atomic E-state index is 0.152. The largest absolute Gasteiger partial charge is 0.477 e. The number of amides is 1. The summed E-state index contributed by atoms with van der Waals surface area (Å²) in [5, 5.41) is 13.2. The van der Waals surface area contributed by atoms with Crippen LogP contribution in [0.15, 0.2) is 5.38 Å². The lowest BCUT2D eigenvalue weighted by Gasteiger charge is -1.97. The van der Waals surface area contributed by atoms with Crippen molar-refractivity contribution in [2.45, 2.75) is 12.8 Å². The van der Waals surface area contributed by atoms with Crippen molar-refractivity contribution in [3.05, 3.63) is 21.4 Å². The summed E-state index contributed by atoms with van der Waals surface area (Å²) in [6.07, 6.45) is 1.47. The molecule has 1 aromatic heterocycles. The van der Waals surface area contributed by atoms with Gasteiger partial charge >= 0.3 is 5.97 Å². The third-order valence-corrected chi connectivity index (χ3v) is 3.23. The first-order chi connectivity index (χ1) is 6.70. The Labute approximate surface area is 84.6 Å². The number of nitrogens with one attached hydrogen (secondary N) is 1. The molecular weight excluding hydrogens is 202 g/mol.